The van der Waals surface area contributed by atoms with Crippen LogP contribution < -0.4 is 14.2 Å². The molecule has 0 aliphatic carbocycles. The number of nitrogens with zero attached hydrogens (tertiary/aromatic N) is 2. The van der Waals surface area contributed by atoms with Crippen LogP contribution in [0.5, 0.6) is 17.5 Å². The fraction of sp³-hybridized carbons (Fsp3) is 0.368. The largest absolute Gasteiger partial charge is 0.467 e. The Labute approximate surface area is 186 Å². The molecule has 2 atom stereocenters. The van der Waals surface area contributed by atoms with E-state index < -0.39 is 52.9 Å². The van der Waals surface area contributed by atoms with Crippen LogP contribution in [0.3, 0.4) is 0 Å². The number of fused-ring (bicyclic) bond motifs is 5. The van der Waals surface area contributed by atoms with E-state index in [0.29, 0.717) is 5.56 Å². The van der Waals surface area contributed by atoms with Crippen molar-refractivity contribution in [1.82, 2.24) is 14.6 Å². The summed E-state index contributed by atoms with van der Waals surface area (Å²) in [5.41, 5.74) is 0.328. The number of ether oxygens (including phenoxy) is 2. The number of benzene rings is 1. The topological polar surface area (TPSA) is 97.8 Å². The molecule has 1 aromatic carbocycles. The van der Waals surface area contributed by atoms with Gasteiger partial charge >= 0.3 is 0 Å². The van der Waals surface area contributed by atoms with Crippen molar-refractivity contribution in [3.05, 3.63) is 46.7 Å². The van der Waals surface area contributed by atoms with Gasteiger partial charge in [0.2, 0.25) is 21.8 Å². The maximum atomic E-state index is 14.8. The van der Waals surface area contributed by atoms with Crippen LogP contribution in [0.15, 0.2) is 30.3 Å². The molecular weight excluding hydrogens is 475 g/mol. The molecule has 1 fully saturated rings. The number of rotatable bonds is 2. The maximum Gasteiger partial charge on any atom is 0.283 e. The third-order valence-corrected chi connectivity index (χ3v) is 6.03. The average Bonchev–Trinajstić information content (AvgIpc) is 2.93. The third kappa shape index (κ3) is 4.62. The Morgan fingerprint density at radius 1 is 1.28 bits per heavy atom. The smallest absolute Gasteiger partial charge is 0.283 e. The van der Waals surface area contributed by atoms with Gasteiger partial charge in [-0.2, -0.15) is 4.98 Å². The summed E-state index contributed by atoms with van der Waals surface area (Å²) in [6, 6.07) is 3.19. The van der Waals surface area contributed by atoms with Gasteiger partial charge in [-0.1, -0.05) is 17.7 Å². The van der Waals surface area contributed by atoms with Crippen LogP contribution in [0, 0.1) is 5.82 Å². The molecule has 4 bridgehead atoms. The van der Waals surface area contributed by atoms with E-state index in [1.165, 1.54) is 24.3 Å². The van der Waals surface area contributed by atoms with Gasteiger partial charge in [0, 0.05) is 6.07 Å². The number of carbonyl (C=O) groups excluding carboxylic acids is 1. The summed E-state index contributed by atoms with van der Waals surface area (Å²) in [5, 5.41) is 0.0565. The quantitative estimate of drug-likeness (QED) is 0.692. The van der Waals surface area contributed by atoms with Crippen molar-refractivity contribution in [1.29, 1.82) is 0 Å². The fourth-order valence-electron chi connectivity index (χ4n) is 3.68. The van der Waals surface area contributed by atoms with Crippen LogP contribution >= 0.6 is 11.6 Å². The van der Waals surface area contributed by atoms with Crippen molar-refractivity contribution < 1.29 is 35.9 Å². The van der Waals surface area contributed by atoms with E-state index in [2.05, 4.69) is 4.98 Å². The number of alkyl halides is 2. The lowest BCUT2D eigenvalue weighted by molar-refractivity contribution is -0.135. The predicted molar refractivity (Wildman–Crippen MR) is 107 cm³/mol. The first-order valence-corrected chi connectivity index (χ1v) is 11.6. The Morgan fingerprint density at radius 2 is 2.03 bits per heavy atom. The maximum absolute atomic E-state index is 14.8. The molecule has 172 valence electrons. The highest BCUT2D eigenvalue weighted by Crippen LogP contribution is 2.37. The van der Waals surface area contributed by atoms with Crippen LogP contribution in [-0.4, -0.2) is 61.6 Å². The number of carbonyl (C=O) groups is 1. The first-order chi connectivity index (χ1) is 14.9. The molecule has 1 N–H and O–H groups in total. The molecule has 8 nitrogen and oxygen atoms in total. The summed E-state index contributed by atoms with van der Waals surface area (Å²) < 4.78 is 80.1. The van der Waals surface area contributed by atoms with Gasteiger partial charge in [-0.05, 0) is 30.2 Å². The second-order valence-electron chi connectivity index (χ2n) is 7.51. The van der Waals surface area contributed by atoms with E-state index in [4.69, 9.17) is 21.1 Å². The van der Waals surface area contributed by atoms with Crippen LogP contribution in [0.25, 0.3) is 0 Å². The molecule has 4 rings (SSSR count). The van der Waals surface area contributed by atoms with E-state index >= 15 is 0 Å². The summed E-state index contributed by atoms with van der Waals surface area (Å²) in [6.45, 7) is -1.66. The van der Waals surface area contributed by atoms with E-state index in [1.54, 1.807) is 0 Å². The Kier molecular flexibility index (Phi) is 5.72. The first-order valence-electron chi connectivity index (χ1n) is 9.33. The van der Waals surface area contributed by atoms with Gasteiger partial charge in [-0.25, -0.2) is 26.3 Å². The lowest BCUT2D eigenvalue weighted by Gasteiger charge is -2.28. The lowest BCUT2D eigenvalue weighted by Crippen LogP contribution is -2.52. The standard InChI is InChI=1S/C19H17ClF3N3O5S/c1-32(28,29)25-17-13-6-10-2-4-12(21)14(7-10)31-18-11(20)3-5-15(24-18)30-8-16(27)26(13)9-19(17,22)23/h2-5,7,13,17,25H,6,8-9H2,1H3/t13-,17+/m0/s1. The number of sulfonamides is 1. The fourth-order valence-corrected chi connectivity index (χ4v) is 4.61. The summed E-state index contributed by atoms with van der Waals surface area (Å²) in [5.74, 6) is -5.65. The van der Waals surface area contributed by atoms with Crippen molar-refractivity contribution in [3.63, 3.8) is 0 Å². The third-order valence-electron chi connectivity index (χ3n) is 5.06. The van der Waals surface area contributed by atoms with Gasteiger partial charge in [-0.15, -0.1) is 0 Å². The minimum atomic E-state index is -4.03. The van der Waals surface area contributed by atoms with Gasteiger partial charge in [-0.3, -0.25) is 4.79 Å². The second-order valence-corrected chi connectivity index (χ2v) is 9.70. The summed E-state index contributed by atoms with van der Waals surface area (Å²) in [6.07, 6.45) is 0.548. The van der Waals surface area contributed by atoms with Gasteiger partial charge < -0.3 is 14.4 Å². The van der Waals surface area contributed by atoms with E-state index in [0.717, 1.165) is 17.2 Å². The van der Waals surface area contributed by atoms with Crippen molar-refractivity contribution in [2.45, 2.75) is 24.4 Å². The van der Waals surface area contributed by atoms with E-state index in [1.807, 2.05) is 4.72 Å². The number of halogens is 4. The minimum Gasteiger partial charge on any atom is -0.467 e. The zero-order chi connectivity index (χ0) is 23.3. The number of hydrogen-bond acceptors (Lipinski definition) is 6. The molecule has 32 heavy (non-hydrogen) atoms. The monoisotopic (exact) mass is 491 g/mol. The average molecular weight is 492 g/mol. The zero-order valence-corrected chi connectivity index (χ0v) is 18.1. The molecule has 1 aromatic heterocycles. The van der Waals surface area contributed by atoms with Crippen LogP contribution in [0.1, 0.15) is 5.56 Å². The summed E-state index contributed by atoms with van der Waals surface area (Å²) in [4.78, 5) is 17.6. The minimum absolute atomic E-state index is 0.0565. The molecule has 2 aromatic rings. The summed E-state index contributed by atoms with van der Waals surface area (Å²) >= 11 is 6.05. The molecule has 3 heterocycles. The highest BCUT2D eigenvalue weighted by molar-refractivity contribution is 7.88. The van der Waals surface area contributed by atoms with Gasteiger partial charge in [0.15, 0.2) is 18.2 Å². The molecule has 0 saturated carbocycles. The van der Waals surface area contributed by atoms with Crippen molar-refractivity contribution in [3.8, 4) is 17.5 Å². The van der Waals surface area contributed by atoms with Crippen LogP contribution in [0.2, 0.25) is 5.02 Å². The van der Waals surface area contributed by atoms with Crippen LogP contribution in [0.4, 0.5) is 13.2 Å². The Balaban J connectivity index is 1.80. The predicted octanol–water partition coefficient (Wildman–Crippen LogP) is 2.37. The highest BCUT2D eigenvalue weighted by atomic mass is 35.5. The van der Waals surface area contributed by atoms with E-state index in [9.17, 15) is 26.4 Å². The zero-order valence-electron chi connectivity index (χ0n) is 16.5. The second kappa shape index (κ2) is 8.09. The molecule has 1 amide bonds. The highest BCUT2D eigenvalue weighted by Gasteiger charge is 2.56. The molecule has 0 spiro atoms. The van der Waals surface area contributed by atoms with Gasteiger partial charge in [0.25, 0.3) is 11.8 Å². The molecular formula is C19H17ClF3N3O5S. The molecule has 13 heteroatoms. The van der Waals surface area contributed by atoms with Crippen molar-refractivity contribution in [2.75, 3.05) is 19.4 Å². The Hall–Kier alpha value is -2.57. The van der Waals surface area contributed by atoms with Gasteiger partial charge in [0.05, 0.1) is 18.8 Å². The van der Waals surface area contributed by atoms with Crippen molar-refractivity contribution in [2.24, 2.45) is 0 Å². The SMILES string of the molecule is CS(=O)(=O)N[C@@H]1[C@@H]2Cc3ccc(F)c(c3)Oc3nc(ccc3Cl)OCC(=O)N2CC1(F)F. The van der Waals surface area contributed by atoms with Crippen molar-refractivity contribution >= 4 is 27.5 Å². The Morgan fingerprint density at radius 3 is 2.75 bits per heavy atom. The number of nitrogens with one attached hydrogen (secondary N) is 1. The molecule has 2 aliphatic rings. The molecule has 0 unspecified atom stereocenters. The number of hydrogen-bond donors (Lipinski definition) is 1. The van der Waals surface area contributed by atoms with Crippen LogP contribution in [-0.2, 0) is 21.2 Å². The van der Waals surface area contributed by atoms with E-state index in [-0.39, 0.29) is 29.0 Å². The molecule has 1 saturated heterocycles. The molecule has 0 radical (unpaired) electrons. The van der Waals surface area contributed by atoms with Gasteiger partial charge in [0.1, 0.15) is 11.1 Å². The number of pyridine rings is 1. The first kappa shape index (κ1) is 22.6. The number of amides is 1. The Bertz CT molecular complexity index is 1180. The normalized spacial score (nSPS) is 22.7. The lowest BCUT2D eigenvalue weighted by atomic mass is 9.99. The molecule has 2 aliphatic heterocycles. The summed E-state index contributed by atoms with van der Waals surface area (Å²) in [7, 11) is -4.03. The number of aromatic nitrogens is 1.